The lowest BCUT2D eigenvalue weighted by Gasteiger charge is -2.29. The molecule has 0 bridgehead atoms. The van der Waals surface area contributed by atoms with Crippen LogP contribution in [0.3, 0.4) is 0 Å². The molecule has 1 atom stereocenters. The van der Waals surface area contributed by atoms with E-state index in [9.17, 15) is 22.7 Å². The normalized spacial score (nSPS) is 12.6. The highest BCUT2D eigenvalue weighted by Crippen LogP contribution is 2.26. The highest BCUT2D eigenvalue weighted by molar-refractivity contribution is 7.92. The molecule has 0 saturated heterocycles. The number of carboxylic acids is 1. The van der Waals surface area contributed by atoms with Gasteiger partial charge in [-0.15, -0.1) is 0 Å². The summed E-state index contributed by atoms with van der Waals surface area (Å²) in [5, 5.41) is 10.1. The number of rotatable bonds is 6. The van der Waals surface area contributed by atoms with Crippen LogP contribution in [0.25, 0.3) is 0 Å². The molecule has 5 nitrogen and oxygen atoms in total. The second kappa shape index (κ2) is 7.59. The van der Waals surface area contributed by atoms with Gasteiger partial charge < -0.3 is 5.11 Å². The van der Waals surface area contributed by atoms with Gasteiger partial charge in [-0.05, 0) is 42.0 Å². The van der Waals surface area contributed by atoms with Gasteiger partial charge >= 0.3 is 5.97 Å². The monoisotopic (exact) mass is 405 g/mol. The molecule has 0 aliphatic carbocycles. The van der Waals surface area contributed by atoms with E-state index in [1.165, 1.54) is 24.3 Å². The molecule has 2 rings (SSSR count). The van der Waals surface area contributed by atoms with Crippen LogP contribution in [0.4, 0.5) is 10.1 Å². The van der Waals surface area contributed by atoms with Crippen LogP contribution in [0.15, 0.2) is 42.5 Å². The molecule has 0 unspecified atom stereocenters. The molecule has 0 aliphatic rings. The Morgan fingerprint density at radius 2 is 1.76 bits per heavy atom. The maximum Gasteiger partial charge on any atom is 0.327 e. The molecule has 2 aromatic carbocycles. The molecule has 2 aromatic rings. The molecule has 134 valence electrons. The summed E-state index contributed by atoms with van der Waals surface area (Å²) < 4.78 is 38.3. The van der Waals surface area contributed by atoms with E-state index in [1.807, 2.05) is 0 Å². The molecule has 0 aliphatic heterocycles. The predicted octanol–water partition coefficient (Wildman–Crippen LogP) is 3.59. The van der Waals surface area contributed by atoms with Crippen molar-refractivity contribution in [3.05, 3.63) is 63.9 Å². The second-order valence-electron chi connectivity index (χ2n) is 5.34. The quantitative estimate of drug-likeness (QED) is 0.796. The first-order valence-electron chi connectivity index (χ1n) is 7.01. The molecular weight excluding hydrogens is 392 g/mol. The van der Waals surface area contributed by atoms with E-state index in [4.69, 9.17) is 23.2 Å². The summed E-state index contributed by atoms with van der Waals surface area (Å²) in [4.78, 5) is 11.7. The van der Waals surface area contributed by atoms with Crippen molar-refractivity contribution in [2.75, 3.05) is 10.6 Å². The molecule has 25 heavy (non-hydrogen) atoms. The first-order chi connectivity index (χ1) is 11.6. The summed E-state index contributed by atoms with van der Waals surface area (Å²) in [7, 11) is -3.94. The fourth-order valence-corrected chi connectivity index (χ4v) is 3.80. The van der Waals surface area contributed by atoms with Crippen molar-refractivity contribution in [2.24, 2.45) is 0 Å². The maximum atomic E-state index is 13.1. The van der Waals surface area contributed by atoms with E-state index in [0.717, 1.165) is 22.7 Å². The highest BCUT2D eigenvalue weighted by atomic mass is 35.5. The van der Waals surface area contributed by atoms with Crippen LogP contribution in [0.2, 0.25) is 10.0 Å². The number of carbonyl (C=O) groups is 1. The number of sulfonamides is 1. The minimum Gasteiger partial charge on any atom is -0.480 e. The number of aliphatic carboxylic acids is 1. The molecule has 0 spiro atoms. The third kappa shape index (κ3) is 4.84. The molecule has 0 fully saturated rings. The third-order valence-corrected chi connectivity index (χ3v) is 5.34. The zero-order valence-electron chi connectivity index (χ0n) is 13.0. The summed E-state index contributed by atoms with van der Waals surface area (Å²) in [5.74, 6) is -1.91. The minimum atomic E-state index is -3.94. The fraction of sp³-hybridized carbons (Fsp3) is 0.188. The third-order valence-electron chi connectivity index (χ3n) is 3.42. The van der Waals surface area contributed by atoms with E-state index in [0.29, 0.717) is 10.6 Å². The summed E-state index contributed by atoms with van der Waals surface area (Å²) >= 11 is 11.8. The SMILES string of the molecule is CS(=O)(=O)N(c1ccc(F)cc1)[C@@H](Cc1ccc(Cl)c(Cl)c1)C(=O)O. The summed E-state index contributed by atoms with van der Waals surface area (Å²) in [5.41, 5.74) is 0.550. The van der Waals surface area contributed by atoms with Gasteiger partial charge in [0.25, 0.3) is 0 Å². The van der Waals surface area contributed by atoms with E-state index in [2.05, 4.69) is 0 Å². The zero-order chi connectivity index (χ0) is 18.8. The lowest BCUT2D eigenvalue weighted by Crippen LogP contribution is -2.46. The lowest BCUT2D eigenvalue weighted by atomic mass is 10.1. The van der Waals surface area contributed by atoms with Gasteiger partial charge in [-0.25, -0.2) is 17.6 Å². The van der Waals surface area contributed by atoms with Crippen LogP contribution >= 0.6 is 23.2 Å². The Morgan fingerprint density at radius 3 is 2.24 bits per heavy atom. The maximum absolute atomic E-state index is 13.1. The van der Waals surface area contributed by atoms with Crippen LogP contribution in [0.1, 0.15) is 5.56 Å². The number of carboxylic acid groups (broad SMARTS) is 1. The molecule has 0 heterocycles. The van der Waals surface area contributed by atoms with Crippen molar-refractivity contribution in [1.82, 2.24) is 0 Å². The standard InChI is InChI=1S/C16H14Cl2FNO4S/c1-25(23,24)20(12-5-3-11(19)4-6-12)15(16(21)22)9-10-2-7-13(17)14(18)8-10/h2-8,15H,9H2,1H3,(H,21,22)/t15-/m0/s1. The van der Waals surface area contributed by atoms with E-state index in [-0.39, 0.29) is 17.1 Å². The topological polar surface area (TPSA) is 74.7 Å². The predicted molar refractivity (Wildman–Crippen MR) is 95.3 cm³/mol. The summed E-state index contributed by atoms with van der Waals surface area (Å²) in [6, 6.07) is 7.65. The van der Waals surface area contributed by atoms with Gasteiger partial charge in [0, 0.05) is 6.42 Å². The van der Waals surface area contributed by atoms with Crippen LogP contribution in [-0.2, 0) is 21.2 Å². The molecule has 0 saturated carbocycles. The Kier molecular flexibility index (Phi) is 5.92. The number of benzene rings is 2. The van der Waals surface area contributed by atoms with Crippen molar-refractivity contribution < 1.29 is 22.7 Å². The number of hydrogen-bond donors (Lipinski definition) is 1. The van der Waals surface area contributed by atoms with Crippen molar-refractivity contribution in [3.8, 4) is 0 Å². The van der Waals surface area contributed by atoms with Crippen LogP contribution < -0.4 is 4.31 Å². The van der Waals surface area contributed by atoms with Gasteiger partial charge in [0.1, 0.15) is 11.9 Å². The van der Waals surface area contributed by atoms with E-state index < -0.39 is 27.9 Å². The van der Waals surface area contributed by atoms with Crippen molar-refractivity contribution >= 4 is 44.9 Å². The van der Waals surface area contributed by atoms with Gasteiger partial charge in [-0.2, -0.15) is 0 Å². The summed E-state index contributed by atoms with van der Waals surface area (Å²) in [6.07, 6.45) is 0.748. The first kappa shape index (κ1) is 19.5. The van der Waals surface area contributed by atoms with E-state index >= 15 is 0 Å². The van der Waals surface area contributed by atoms with Crippen molar-refractivity contribution in [1.29, 1.82) is 0 Å². The van der Waals surface area contributed by atoms with Crippen LogP contribution in [0, 0.1) is 5.82 Å². The fourth-order valence-electron chi connectivity index (χ4n) is 2.35. The van der Waals surface area contributed by atoms with Crippen molar-refractivity contribution in [2.45, 2.75) is 12.5 Å². The summed E-state index contributed by atoms with van der Waals surface area (Å²) in [6.45, 7) is 0. The Hall–Kier alpha value is -1.83. The average Bonchev–Trinajstić information content (AvgIpc) is 2.50. The number of halogens is 3. The largest absolute Gasteiger partial charge is 0.480 e. The zero-order valence-corrected chi connectivity index (χ0v) is 15.3. The van der Waals surface area contributed by atoms with Crippen LogP contribution in [0.5, 0.6) is 0 Å². The van der Waals surface area contributed by atoms with Gasteiger partial charge in [-0.3, -0.25) is 4.31 Å². The second-order valence-corrected chi connectivity index (χ2v) is 8.02. The molecular formula is C16H14Cl2FNO4S. The van der Waals surface area contributed by atoms with Crippen LogP contribution in [-0.4, -0.2) is 31.8 Å². The van der Waals surface area contributed by atoms with E-state index in [1.54, 1.807) is 6.07 Å². The first-order valence-corrected chi connectivity index (χ1v) is 9.61. The molecule has 1 N–H and O–H groups in total. The van der Waals surface area contributed by atoms with Gasteiger partial charge in [0.05, 0.1) is 22.0 Å². The highest BCUT2D eigenvalue weighted by Gasteiger charge is 2.33. The molecule has 0 amide bonds. The van der Waals surface area contributed by atoms with Gasteiger partial charge in [0.2, 0.25) is 10.0 Å². The number of nitrogens with zero attached hydrogens (tertiary/aromatic N) is 1. The van der Waals surface area contributed by atoms with Gasteiger partial charge in [-0.1, -0.05) is 29.3 Å². The van der Waals surface area contributed by atoms with Gasteiger partial charge in [0.15, 0.2) is 0 Å². The minimum absolute atomic E-state index is 0.0522. The molecule has 9 heteroatoms. The molecule has 0 aromatic heterocycles. The molecule has 0 radical (unpaired) electrons. The smallest absolute Gasteiger partial charge is 0.327 e. The Morgan fingerprint density at radius 1 is 1.16 bits per heavy atom. The number of anilines is 1. The number of hydrogen-bond acceptors (Lipinski definition) is 3. The Labute approximate surface area is 154 Å². The Bertz CT molecular complexity index is 888. The Balaban J connectivity index is 2.47. The average molecular weight is 406 g/mol. The van der Waals surface area contributed by atoms with Crippen molar-refractivity contribution in [3.63, 3.8) is 0 Å². The lowest BCUT2D eigenvalue weighted by molar-refractivity contribution is -0.138.